The Hall–Kier alpha value is -3.07. The summed E-state index contributed by atoms with van der Waals surface area (Å²) >= 11 is 0. The number of phosphoric acid groups is 1. The maximum Gasteiger partial charge on any atom is 0.472 e. The Morgan fingerprint density at radius 2 is 1.02 bits per heavy atom. The lowest BCUT2D eigenvalue weighted by atomic mass is 10.1. The topological polar surface area (TPSA) is 111 Å². The Bertz CT molecular complexity index is 1440. The van der Waals surface area contributed by atoms with Gasteiger partial charge >= 0.3 is 13.8 Å². The fraction of sp³-hybridized carbons (Fsp3) is 0.673. The highest BCUT2D eigenvalue weighted by Gasteiger charge is 2.30. The smallest absolute Gasteiger partial charge is 0.456 e. The molecule has 10 heteroatoms. The molecule has 0 aromatic carbocycles. The molecule has 0 spiro atoms. The van der Waals surface area contributed by atoms with Crippen LogP contribution < -0.4 is 5.32 Å². The molecule has 2 N–H and O–H groups in total. The number of allylic oxidation sites excluding steroid dienone is 15. The van der Waals surface area contributed by atoms with Crippen molar-refractivity contribution < 1.29 is 37.3 Å². The number of rotatable bonds is 44. The zero-order chi connectivity index (χ0) is 48.0. The lowest BCUT2D eigenvalue weighted by Crippen LogP contribution is -2.47. The van der Waals surface area contributed by atoms with Crippen LogP contribution in [0.4, 0.5) is 0 Å². The number of esters is 1. The second-order valence-electron chi connectivity index (χ2n) is 18.1. The van der Waals surface area contributed by atoms with Gasteiger partial charge in [-0.15, -0.1) is 0 Å². The van der Waals surface area contributed by atoms with Crippen molar-refractivity contribution in [1.82, 2.24) is 5.32 Å². The van der Waals surface area contributed by atoms with E-state index in [9.17, 15) is 19.0 Å². The highest BCUT2D eigenvalue weighted by atomic mass is 31.2. The van der Waals surface area contributed by atoms with Gasteiger partial charge in [-0.1, -0.05) is 202 Å². The molecule has 372 valence electrons. The Labute approximate surface area is 398 Å². The first-order valence-corrected chi connectivity index (χ1v) is 27.1. The van der Waals surface area contributed by atoms with Crippen LogP contribution in [0.25, 0.3) is 0 Å². The number of phosphoric ester groups is 1. The zero-order valence-electron chi connectivity index (χ0n) is 42.2. The van der Waals surface area contributed by atoms with Gasteiger partial charge in [-0.2, -0.15) is 0 Å². The van der Waals surface area contributed by atoms with Gasteiger partial charge in [0.15, 0.2) is 0 Å². The largest absolute Gasteiger partial charge is 0.472 e. The molecule has 0 saturated heterocycles. The van der Waals surface area contributed by atoms with Crippen molar-refractivity contribution >= 4 is 19.7 Å². The van der Waals surface area contributed by atoms with Crippen molar-refractivity contribution in [2.75, 3.05) is 40.9 Å². The van der Waals surface area contributed by atoms with E-state index in [1.165, 1.54) is 57.8 Å². The molecule has 3 unspecified atom stereocenters. The monoisotopic (exact) mass is 928 g/mol. The molecule has 0 aromatic heterocycles. The number of carbonyl (C=O) groups is 2. The van der Waals surface area contributed by atoms with Crippen molar-refractivity contribution in [1.29, 1.82) is 0 Å². The number of hydrogen-bond donors (Lipinski definition) is 2. The summed E-state index contributed by atoms with van der Waals surface area (Å²) in [5.74, 6) is -0.579. The number of unbranched alkanes of at least 4 members (excludes halogenated alkanes) is 19. The number of hydrogen-bond acceptors (Lipinski definition) is 6. The van der Waals surface area contributed by atoms with Crippen LogP contribution in [-0.4, -0.2) is 74.3 Å². The Balaban J connectivity index is 5.53. The van der Waals surface area contributed by atoms with Gasteiger partial charge in [0.1, 0.15) is 19.3 Å². The van der Waals surface area contributed by atoms with Crippen LogP contribution in [0.1, 0.15) is 188 Å². The highest BCUT2D eigenvalue weighted by Crippen LogP contribution is 2.43. The SMILES string of the molecule is CC\C=C/C=C/C=C/C=C\C=C\C=C\CCCCCC(=O)OC(/C=C\CCCCCCCCCCC)C(COP(=O)(O)OCC[N+](C)(C)C)NC(=O)CCCCCCC/C=C\CCCC. The molecule has 0 bridgehead atoms. The van der Waals surface area contributed by atoms with Crippen LogP contribution in [0, 0.1) is 0 Å². The van der Waals surface area contributed by atoms with Crippen LogP contribution in [0.5, 0.6) is 0 Å². The molecule has 0 heterocycles. The first-order chi connectivity index (χ1) is 31.4. The van der Waals surface area contributed by atoms with E-state index >= 15 is 0 Å². The third-order valence-electron chi connectivity index (χ3n) is 10.7. The quantitative estimate of drug-likeness (QED) is 0.0156. The van der Waals surface area contributed by atoms with Gasteiger partial charge in [-0.25, -0.2) is 4.57 Å². The lowest BCUT2D eigenvalue weighted by Gasteiger charge is -2.27. The van der Waals surface area contributed by atoms with Crippen molar-refractivity contribution in [3.8, 4) is 0 Å². The standard InChI is InChI=1S/C55H95N2O7P/c1-7-10-13-16-19-22-25-26-27-28-29-30-33-36-39-42-45-48-55(59)64-53(46-43-40-37-34-31-23-20-17-14-11-8-2)52(51-63-65(60,61)62-50-49-57(4,5)6)56-54(58)47-44-41-38-35-32-24-21-18-15-12-9-3/h10,13,16,18-19,21-22,25-30,33,43,46,52-53H,7-9,11-12,14-15,17,20,23-24,31-32,34-42,44-45,47-51H2,1-6H3,(H-,56,58,60,61)/p+1/b13-10-,19-16+,21-18-,25-22+,27-26-,29-28+,33-30+,46-43-. The molecule has 0 aliphatic rings. The van der Waals surface area contributed by atoms with Crippen molar-refractivity contribution in [2.24, 2.45) is 0 Å². The molecule has 0 saturated carbocycles. The molecule has 0 radical (unpaired) electrons. The van der Waals surface area contributed by atoms with Gasteiger partial charge in [0.2, 0.25) is 5.91 Å². The molecular weight excluding hydrogens is 832 g/mol. The zero-order valence-corrected chi connectivity index (χ0v) is 43.1. The maximum atomic E-state index is 13.4. The van der Waals surface area contributed by atoms with Crippen molar-refractivity contribution in [2.45, 2.75) is 200 Å². The second-order valence-corrected chi connectivity index (χ2v) is 19.6. The normalized spacial score (nSPS) is 14.8. The number of quaternary nitrogens is 1. The number of likely N-dealkylation sites (N-methyl/N-ethyl adjacent to an activating group) is 1. The summed E-state index contributed by atoms with van der Waals surface area (Å²) in [4.78, 5) is 37.3. The number of amides is 1. The molecule has 3 atom stereocenters. The summed E-state index contributed by atoms with van der Waals surface area (Å²) < 4.78 is 30.4. The Morgan fingerprint density at radius 3 is 1.58 bits per heavy atom. The van der Waals surface area contributed by atoms with Crippen LogP contribution in [0.2, 0.25) is 0 Å². The average molecular weight is 928 g/mol. The van der Waals surface area contributed by atoms with Crippen LogP contribution in [0.3, 0.4) is 0 Å². The van der Waals surface area contributed by atoms with E-state index in [0.717, 1.165) is 89.9 Å². The summed E-state index contributed by atoms with van der Waals surface area (Å²) in [6.45, 7) is 6.74. The maximum absolute atomic E-state index is 13.4. The van der Waals surface area contributed by atoms with Crippen LogP contribution >= 0.6 is 7.82 Å². The number of carbonyl (C=O) groups excluding carboxylic acids is 2. The molecule has 0 fully saturated rings. The lowest BCUT2D eigenvalue weighted by molar-refractivity contribution is -0.870. The molecule has 1 amide bonds. The van der Waals surface area contributed by atoms with Gasteiger partial charge in [0, 0.05) is 12.8 Å². The van der Waals surface area contributed by atoms with E-state index in [1.807, 2.05) is 94.1 Å². The van der Waals surface area contributed by atoms with Gasteiger partial charge in [0.05, 0.1) is 33.8 Å². The van der Waals surface area contributed by atoms with Crippen LogP contribution in [0.15, 0.2) is 97.2 Å². The highest BCUT2D eigenvalue weighted by molar-refractivity contribution is 7.47. The summed E-state index contributed by atoms with van der Waals surface area (Å²) in [5.41, 5.74) is 0. The first-order valence-electron chi connectivity index (χ1n) is 25.6. The Morgan fingerprint density at radius 1 is 0.554 bits per heavy atom. The van der Waals surface area contributed by atoms with Gasteiger partial charge < -0.3 is 19.4 Å². The molecule has 9 nitrogen and oxygen atoms in total. The minimum Gasteiger partial charge on any atom is -0.456 e. The summed E-state index contributed by atoms with van der Waals surface area (Å²) in [6, 6.07) is -0.873. The molecular formula is C55H96N2O7P+. The predicted molar refractivity (Wildman–Crippen MR) is 277 cm³/mol. The van der Waals surface area contributed by atoms with E-state index in [1.54, 1.807) is 0 Å². The summed E-state index contributed by atoms with van der Waals surface area (Å²) in [7, 11) is 1.45. The van der Waals surface area contributed by atoms with Gasteiger partial charge in [-0.3, -0.25) is 18.6 Å². The summed E-state index contributed by atoms with van der Waals surface area (Å²) in [5, 5.41) is 3.01. The van der Waals surface area contributed by atoms with E-state index in [-0.39, 0.29) is 31.5 Å². The van der Waals surface area contributed by atoms with E-state index in [2.05, 4.69) is 50.4 Å². The average Bonchev–Trinajstić information content (AvgIpc) is 3.26. The molecule has 65 heavy (non-hydrogen) atoms. The van der Waals surface area contributed by atoms with E-state index < -0.39 is 20.0 Å². The second kappa shape index (κ2) is 44.7. The molecule has 0 rings (SSSR count). The van der Waals surface area contributed by atoms with Crippen LogP contribution in [-0.2, 0) is 27.9 Å². The van der Waals surface area contributed by atoms with E-state index in [0.29, 0.717) is 23.9 Å². The van der Waals surface area contributed by atoms with Gasteiger partial charge in [0.25, 0.3) is 0 Å². The van der Waals surface area contributed by atoms with Crippen molar-refractivity contribution in [3.63, 3.8) is 0 Å². The Kier molecular flexibility index (Phi) is 42.6. The minimum absolute atomic E-state index is 0.0259. The molecule has 0 aliphatic heterocycles. The molecule has 0 aliphatic carbocycles. The number of ether oxygens (including phenoxy) is 1. The van der Waals surface area contributed by atoms with Gasteiger partial charge in [-0.05, 0) is 70.3 Å². The van der Waals surface area contributed by atoms with Crippen molar-refractivity contribution in [3.05, 3.63) is 97.2 Å². The third-order valence-corrected chi connectivity index (χ3v) is 11.7. The fourth-order valence-electron chi connectivity index (χ4n) is 6.66. The van der Waals surface area contributed by atoms with E-state index in [4.69, 9.17) is 13.8 Å². The fourth-order valence-corrected chi connectivity index (χ4v) is 7.39. The minimum atomic E-state index is -4.45. The third kappa shape index (κ3) is 45.9. The summed E-state index contributed by atoms with van der Waals surface area (Å²) in [6.07, 6.45) is 58.3. The molecule has 0 aromatic rings. The predicted octanol–water partition coefficient (Wildman–Crippen LogP) is 14.9. The number of nitrogens with zero attached hydrogens (tertiary/aromatic N) is 1. The number of nitrogens with one attached hydrogen (secondary N) is 1. The first kappa shape index (κ1) is 61.9.